The number of rotatable bonds is 8. The zero-order valence-corrected chi connectivity index (χ0v) is 14.5. The summed E-state index contributed by atoms with van der Waals surface area (Å²) in [5.74, 6) is 0.467. The van der Waals surface area contributed by atoms with E-state index in [-0.39, 0.29) is 11.8 Å². The van der Waals surface area contributed by atoms with Crippen LogP contribution in [0.15, 0.2) is 41.6 Å². The summed E-state index contributed by atoms with van der Waals surface area (Å²) in [6.07, 6.45) is 3.12. The number of aromatic nitrogens is 1. The van der Waals surface area contributed by atoms with E-state index in [4.69, 9.17) is 0 Å². The number of fused-ring (bicyclic) bond motifs is 1. The minimum absolute atomic E-state index is 0.0743. The van der Waals surface area contributed by atoms with Gasteiger partial charge in [-0.1, -0.05) is 62.7 Å². The van der Waals surface area contributed by atoms with Crippen LogP contribution in [-0.4, -0.2) is 34.4 Å². The molecule has 2 N–H and O–H groups in total. The Balaban J connectivity index is 1.86. The highest BCUT2D eigenvalue weighted by Crippen LogP contribution is 2.25. The van der Waals surface area contributed by atoms with E-state index in [1.54, 1.807) is 6.20 Å². The molecule has 5 heteroatoms. The van der Waals surface area contributed by atoms with Crippen LogP contribution >= 0.6 is 11.8 Å². The summed E-state index contributed by atoms with van der Waals surface area (Å²) in [7, 11) is 0. The van der Waals surface area contributed by atoms with Gasteiger partial charge in [0, 0.05) is 18.1 Å². The zero-order valence-electron chi connectivity index (χ0n) is 13.7. The second-order valence-electron chi connectivity index (χ2n) is 5.57. The molecule has 4 nitrogen and oxygen atoms in total. The third kappa shape index (κ3) is 4.94. The number of nitrogens with zero attached hydrogens (tertiary/aromatic N) is 1. The summed E-state index contributed by atoms with van der Waals surface area (Å²) in [4.78, 5) is 16.3. The van der Waals surface area contributed by atoms with Crippen LogP contribution in [0.3, 0.4) is 0 Å². The minimum Gasteiger partial charge on any atom is -0.391 e. The first-order valence-electron chi connectivity index (χ1n) is 8.07. The van der Waals surface area contributed by atoms with Crippen LogP contribution in [0.1, 0.15) is 26.7 Å². The number of benzene rings is 1. The lowest BCUT2D eigenvalue weighted by Gasteiger charge is -2.20. The Morgan fingerprint density at radius 1 is 1.26 bits per heavy atom. The second kappa shape index (κ2) is 8.89. The molecular formula is C18H24N2O2S. The van der Waals surface area contributed by atoms with Crippen molar-refractivity contribution in [3.8, 4) is 0 Å². The van der Waals surface area contributed by atoms with E-state index in [0.29, 0.717) is 12.3 Å². The molecule has 23 heavy (non-hydrogen) atoms. The molecule has 1 amide bonds. The molecular weight excluding hydrogens is 308 g/mol. The Bertz CT molecular complexity index is 638. The highest BCUT2D eigenvalue weighted by Gasteiger charge is 2.16. The summed E-state index contributed by atoms with van der Waals surface area (Å²) < 4.78 is 0. The molecule has 1 atom stereocenters. The number of hydrogen-bond acceptors (Lipinski definition) is 4. The maximum Gasteiger partial charge on any atom is 0.230 e. The SMILES string of the molecule is CCC(CC)C(O)CNC(=O)CSc1nccc2ccccc12. The molecule has 0 aliphatic carbocycles. The number of hydrogen-bond donors (Lipinski definition) is 2. The fourth-order valence-corrected chi connectivity index (χ4v) is 3.46. The Hall–Kier alpha value is -1.59. The molecule has 0 aliphatic heterocycles. The Morgan fingerprint density at radius 3 is 2.74 bits per heavy atom. The van der Waals surface area contributed by atoms with Gasteiger partial charge in [-0.15, -0.1) is 0 Å². The van der Waals surface area contributed by atoms with E-state index in [9.17, 15) is 9.90 Å². The molecule has 2 rings (SSSR count). The van der Waals surface area contributed by atoms with Crippen LogP contribution in [0.5, 0.6) is 0 Å². The van der Waals surface area contributed by atoms with Crippen molar-refractivity contribution in [2.24, 2.45) is 5.92 Å². The van der Waals surface area contributed by atoms with Crippen molar-refractivity contribution < 1.29 is 9.90 Å². The monoisotopic (exact) mass is 332 g/mol. The number of aliphatic hydroxyl groups is 1. The molecule has 1 unspecified atom stereocenters. The van der Waals surface area contributed by atoms with Crippen LogP contribution in [0, 0.1) is 5.92 Å². The number of carbonyl (C=O) groups is 1. The molecule has 0 aliphatic rings. The van der Waals surface area contributed by atoms with Gasteiger partial charge in [-0.3, -0.25) is 4.79 Å². The number of nitrogens with one attached hydrogen (secondary N) is 1. The topological polar surface area (TPSA) is 62.2 Å². The first kappa shape index (κ1) is 17.8. The largest absolute Gasteiger partial charge is 0.391 e. The lowest BCUT2D eigenvalue weighted by Crippen LogP contribution is -2.36. The molecule has 0 fully saturated rings. The molecule has 0 saturated carbocycles. The Kier molecular flexibility index (Phi) is 6.86. The fraction of sp³-hybridized carbons (Fsp3) is 0.444. The van der Waals surface area contributed by atoms with Crippen molar-refractivity contribution in [2.45, 2.75) is 37.8 Å². The summed E-state index contributed by atoms with van der Waals surface area (Å²) >= 11 is 1.42. The predicted octanol–water partition coefficient (Wildman–Crippen LogP) is 3.24. The van der Waals surface area contributed by atoms with Crippen LogP contribution in [0.4, 0.5) is 0 Å². The first-order valence-corrected chi connectivity index (χ1v) is 9.05. The van der Waals surface area contributed by atoms with Crippen LogP contribution in [-0.2, 0) is 4.79 Å². The number of amides is 1. The quantitative estimate of drug-likeness (QED) is 0.729. The summed E-state index contributed by atoms with van der Waals surface area (Å²) in [6.45, 7) is 4.43. The average Bonchev–Trinajstić information content (AvgIpc) is 2.59. The van der Waals surface area contributed by atoms with E-state index in [0.717, 1.165) is 28.6 Å². The normalized spacial score (nSPS) is 12.5. The van der Waals surface area contributed by atoms with Gasteiger partial charge in [-0.25, -0.2) is 4.98 Å². The van der Waals surface area contributed by atoms with E-state index >= 15 is 0 Å². The van der Waals surface area contributed by atoms with E-state index < -0.39 is 6.10 Å². The van der Waals surface area contributed by atoms with Crippen molar-refractivity contribution in [3.63, 3.8) is 0 Å². The number of carbonyl (C=O) groups excluding carboxylic acids is 1. The molecule has 0 spiro atoms. The van der Waals surface area contributed by atoms with Crippen LogP contribution in [0.2, 0.25) is 0 Å². The number of aliphatic hydroxyl groups excluding tert-OH is 1. The number of thioether (sulfide) groups is 1. The maximum atomic E-state index is 12.0. The fourth-order valence-electron chi connectivity index (χ4n) is 2.61. The van der Waals surface area contributed by atoms with Gasteiger partial charge in [0.1, 0.15) is 5.03 Å². The summed E-state index contributed by atoms with van der Waals surface area (Å²) in [5, 5.41) is 15.9. The smallest absolute Gasteiger partial charge is 0.230 e. The summed E-state index contributed by atoms with van der Waals surface area (Å²) in [6, 6.07) is 9.97. The van der Waals surface area contributed by atoms with Crippen molar-refractivity contribution >= 4 is 28.4 Å². The molecule has 124 valence electrons. The van der Waals surface area contributed by atoms with Gasteiger partial charge in [0.25, 0.3) is 0 Å². The molecule has 2 aromatic rings. The van der Waals surface area contributed by atoms with Crippen molar-refractivity contribution in [1.82, 2.24) is 10.3 Å². The van der Waals surface area contributed by atoms with Crippen molar-refractivity contribution in [2.75, 3.05) is 12.3 Å². The average molecular weight is 332 g/mol. The zero-order chi connectivity index (χ0) is 16.7. The van der Waals surface area contributed by atoms with Gasteiger partial charge >= 0.3 is 0 Å². The van der Waals surface area contributed by atoms with Gasteiger partial charge in [0.05, 0.1) is 11.9 Å². The lowest BCUT2D eigenvalue weighted by atomic mass is 9.97. The van der Waals surface area contributed by atoms with Crippen molar-refractivity contribution in [1.29, 1.82) is 0 Å². The Morgan fingerprint density at radius 2 is 2.00 bits per heavy atom. The minimum atomic E-state index is -0.477. The molecule has 0 saturated heterocycles. The third-order valence-corrected chi connectivity index (χ3v) is 5.08. The maximum absolute atomic E-state index is 12.0. The van der Waals surface area contributed by atoms with Crippen molar-refractivity contribution in [3.05, 3.63) is 36.5 Å². The van der Waals surface area contributed by atoms with E-state index in [1.807, 2.05) is 30.3 Å². The second-order valence-corrected chi connectivity index (χ2v) is 6.54. The molecule has 0 bridgehead atoms. The van der Waals surface area contributed by atoms with Crippen LogP contribution in [0.25, 0.3) is 10.8 Å². The summed E-state index contributed by atoms with van der Waals surface area (Å²) in [5.41, 5.74) is 0. The molecule has 1 aromatic carbocycles. The van der Waals surface area contributed by atoms with Gasteiger partial charge in [0.15, 0.2) is 0 Å². The van der Waals surface area contributed by atoms with Gasteiger partial charge in [-0.2, -0.15) is 0 Å². The van der Waals surface area contributed by atoms with Crippen LogP contribution < -0.4 is 5.32 Å². The molecule has 0 radical (unpaired) electrons. The van der Waals surface area contributed by atoms with Gasteiger partial charge in [-0.05, 0) is 17.4 Å². The predicted molar refractivity (Wildman–Crippen MR) is 95.6 cm³/mol. The van der Waals surface area contributed by atoms with E-state index in [2.05, 4.69) is 24.1 Å². The molecule has 1 heterocycles. The third-order valence-electron chi connectivity index (χ3n) is 4.08. The highest BCUT2D eigenvalue weighted by molar-refractivity contribution is 8.00. The first-order chi connectivity index (χ1) is 11.2. The lowest BCUT2D eigenvalue weighted by molar-refractivity contribution is -0.119. The van der Waals surface area contributed by atoms with Gasteiger partial charge < -0.3 is 10.4 Å². The highest BCUT2D eigenvalue weighted by atomic mass is 32.2. The number of pyridine rings is 1. The molecule has 1 aromatic heterocycles. The standard InChI is InChI=1S/C18H24N2O2S/c1-3-13(4-2)16(21)11-20-17(22)12-23-18-15-8-6-5-7-14(15)9-10-19-18/h5-10,13,16,21H,3-4,11-12H2,1-2H3,(H,20,22). The Labute approximate surface area is 141 Å². The van der Waals surface area contributed by atoms with E-state index in [1.165, 1.54) is 11.8 Å². The van der Waals surface area contributed by atoms with Gasteiger partial charge in [0.2, 0.25) is 5.91 Å².